The minimum Gasteiger partial charge on any atom is -0.563 e. The average molecular weight is 526 g/mol. The summed E-state index contributed by atoms with van der Waals surface area (Å²) in [6, 6.07) is 0. The summed E-state index contributed by atoms with van der Waals surface area (Å²) in [5.74, 6) is 0. The molecule has 41 valence electrons. The first-order chi connectivity index (χ1) is 2.27. The van der Waals surface area contributed by atoms with Crippen molar-refractivity contribution in [2.45, 2.75) is 20.3 Å². The maximum absolute atomic E-state index is 8.28. The number of hydrogen-bond acceptors (Lipinski definition) is 1. The van der Waals surface area contributed by atoms with Gasteiger partial charge in [-0.2, -0.15) is 13.3 Å². The summed E-state index contributed by atoms with van der Waals surface area (Å²) >= 11 is 0. The molecule has 0 heterocycles. The summed E-state index contributed by atoms with van der Waals surface area (Å²) in [7, 11) is 0. The van der Waals surface area contributed by atoms with E-state index in [1.807, 2.05) is 6.92 Å². The van der Waals surface area contributed by atoms with Crippen LogP contribution in [0.5, 0.6) is 0 Å². The summed E-state index contributed by atoms with van der Waals surface area (Å²) in [5.41, 5.74) is 0. The Balaban J connectivity index is -0.0000000800. The fraction of sp³-hybridized carbons (Fsp3) is 0.750. The van der Waals surface area contributed by atoms with Gasteiger partial charge < -0.3 is 5.11 Å². The molecule has 1 nitrogen and oxygen atoms in total. The van der Waals surface area contributed by atoms with Crippen LogP contribution in [0.15, 0.2) is 0 Å². The maximum atomic E-state index is 8.28. The van der Waals surface area contributed by atoms with E-state index in [-0.39, 0.29) is 20.4 Å². The van der Waals surface area contributed by atoms with E-state index in [0.29, 0.717) is 6.10 Å². The van der Waals surface area contributed by atoms with Crippen LogP contribution in [0.3, 0.4) is 0 Å². The van der Waals surface area contributed by atoms with Crippen LogP contribution in [0.2, 0.25) is 0 Å². The molecule has 0 aliphatic rings. The van der Waals surface area contributed by atoms with Gasteiger partial charge >= 0.3 is 0 Å². The van der Waals surface area contributed by atoms with Crippen LogP contribution in [0.4, 0.5) is 0 Å². The zero-order valence-electron chi connectivity index (χ0n) is 4.74. The van der Waals surface area contributed by atoms with Gasteiger partial charge in [0.25, 0.3) is 0 Å². The molecular formula is C4H9OReRf-. The van der Waals surface area contributed by atoms with E-state index in [1.54, 1.807) is 6.92 Å². The van der Waals surface area contributed by atoms with Gasteiger partial charge in [-0.1, -0.05) is 6.92 Å². The first-order valence-electron chi connectivity index (χ1n) is 1.78. The fourth-order valence-corrected chi connectivity index (χ4v) is 0. The van der Waals surface area contributed by atoms with Gasteiger partial charge in [0, 0.05) is 20.4 Å². The smallest absolute Gasteiger partial charge is 0 e. The zero-order valence-corrected chi connectivity index (χ0v) is 13.9. The Morgan fingerprint density at radius 3 is 1.71 bits per heavy atom. The molecule has 0 aliphatic carbocycles. The largest absolute Gasteiger partial charge is 0.563 e. The van der Waals surface area contributed by atoms with Crippen molar-refractivity contribution in [2.75, 3.05) is 0 Å². The molecule has 0 amide bonds. The minimum atomic E-state index is 0. The van der Waals surface area contributed by atoms with Crippen molar-refractivity contribution < 1.29 is 25.5 Å². The molecule has 0 atom stereocenters. The Kier molecular flexibility index (Phi) is 20.9. The number of aliphatic hydroxyl groups is 1. The van der Waals surface area contributed by atoms with Gasteiger partial charge in [-0.15, -0.1) is 0 Å². The molecule has 3 heteroatoms. The second-order valence-electron chi connectivity index (χ2n) is 1.09. The van der Waals surface area contributed by atoms with Crippen molar-refractivity contribution in [1.82, 2.24) is 0 Å². The molecule has 0 saturated heterocycles. The van der Waals surface area contributed by atoms with Gasteiger partial charge in [0.15, 0.2) is 0 Å². The van der Waals surface area contributed by atoms with Gasteiger partial charge in [-0.25, -0.2) is 6.10 Å². The Morgan fingerprint density at radius 1 is 1.57 bits per heavy atom. The molecule has 0 aromatic rings. The van der Waals surface area contributed by atoms with Gasteiger partial charge in [-0.05, 0) is 0 Å². The summed E-state index contributed by atoms with van der Waals surface area (Å²) in [6.07, 6.45) is 1.28. The number of hydrogen-bond donors (Lipinski definition) is 1. The van der Waals surface area contributed by atoms with Crippen molar-refractivity contribution in [2.24, 2.45) is 0 Å². The molecule has 0 spiro atoms. The molecule has 0 aromatic heterocycles. The van der Waals surface area contributed by atoms with Crippen LogP contribution in [0.1, 0.15) is 20.3 Å². The Hall–Kier alpha value is -0.378. The average Bonchev–Trinajstić information content (AvgIpc) is 1.38. The SMILES string of the molecule is CC[C-](C)O.[Re].[Rf]. The normalized spacial score (nSPS) is 6.86. The van der Waals surface area contributed by atoms with Crippen molar-refractivity contribution in [3.05, 3.63) is 6.10 Å². The third-order valence-electron chi connectivity index (χ3n) is 0.512. The van der Waals surface area contributed by atoms with Crippen LogP contribution in [-0.4, -0.2) is 5.11 Å². The Labute approximate surface area is 52.4 Å². The van der Waals surface area contributed by atoms with E-state index in [2.05, 4.69) is 0 Å². The number of aliphatic hydroxyl groups excluding tert-OH is 1. The van der Waals surface area contributed by atoms with E-state index in [4.69, 9.17) is 5.11 Å². The summed E-state index contributed by atoms with van der Waals surface area (Å²) < 4.78 is 0. The van der Waals surface area contributed by atoms with Crippen LogP contribution in [0.25, 0.3) is 0 Å². The van der Waals surface area contributed by atoms with Crippen molar-refractivity contribution >= 4 is 0 Å². The molecule has 0 saturated carbocycles. The van der Waals surface area contributed by atoms with Gasteiger partial charge in [-0.3, -0.25) is 0 Å². The first kappa shape index (κ1) is 16.0. The van der Waals surface area contributed by atoms with Crippen LogP contribution >= 0.6 is 0 Å². The molecule has 0 aliphatic heterocycles. The molecule has 1 radical (unpaired) electrons. The molecule has 0 aromatic carbocycles. The van der Waals surface area contributed by atoms with Gasteiger partial charge in [0.1, 0.15) is 0 Å². The standard InChI is InChI=1S/C4H9O.Re.Rf/c1-3-4(2)5;;/h5H,3H2,1-2H3;;/q-1;;. The third-order valence-corrected chi connectivity index (χ3v) is 0.512. The third kappa shape index (κ3) is 28.0. The predicted molar refractivity (Wildman–Crippen MR) is 21.1 cm³/mol. The van der Waals surface area contributed by atoms with E-state index in [0.717, 1.165) is 6.42 Å². The fourth-order valence-electron chi connectivity index (χ4n) is 0. The summed E-state index contributed by atoms with van der Waals surface area (Å²) in [4.78, 5) is 0. The van der Waals surface area contributed by atoms with Gasteiger partial charge in [0.05, 0.1) is 0 Å². The van der Waals surface area contributed by atoms with Crippen LogP contribution < -0.4 is 0 Å². The van der Waals surface area contributed by atoms with Crippen molar-refractivity contribution in [3.63, 3.8) is 0 Å². The summed E-state index contributed by atoms with van der Waals surface area (Å²) in [6.45, 7) is 3.61. The molecule has 0 rings (SSSR count). The molecule has 0 fully saturated rings. The van der Waals surface area contributed by atoms with E-state index >= 15 is 0 Å². The predicted octanol–water partition coefficient (Wildman–Crippen LogP) is 1.32. The van der Waals surface area contributed by atoms with Crippen LogP contribution in [0, 0.1) is 6.10 Å². The monoisotopic (exact) mass is 527 g/mol. The molecule has 7 heavy (non-hydrogen) atoms. The minimum absolute atomic E-state index is 0. The molecule has 0 bridgehead atoms. The maximum Gasteiger partial charge on any atom is 0 e. The second kappa shape index (κ2) is 9.16. The van der Waals surface area contributed by atoms with Crippen molar-refractivity contribution in [3.8, 4) is 0 Å². The van der Waals surface area contributed by atoms with E-state index < -0.39 is 0 Å². The Morgan fingerprint density at radius 2 is 1.71 bits per heavy atom. The van der Waals surface area contributed by atoms with Crippen LogP contribution in [-0.2, 0) is 20.4 Å². The van der Waals surface area contributed by atoms with E-state index in [9.17, 15) is 0 Å². The quantitative estimate of drug-likeness (QED) is 0.512. The Bertz CT molecular complexity index is 25.7. The number of rotatable bonds is 1. The van der Waals surface area contributed by atoms with Gasteiger partial charge in [0.2, 0.25) is 0 Å². The molecular weight excluding hydrogens is 517 g/mol. The van der Waals surface area contributed by atoms with Crippen molar-refractivity contribution in [1.29, 1.82) is 0 Å². The molecule has 0 unspecified atom stereocenters. The topological polar surface area (TPSA) is 20.2 Å². The molecule has 1 N–H and O–H groups in total. The first-order valence-corrected chi connectivity index (χ1v) is 1.78. The second-order valence-corrected chi connectivity index (χ2v) is 1.09. The van der Waals surface area contributed by atoms with E-state index in [1.165, 1.54) is 0 Å². The zero-order chi connectivity index (χ0) is 4.28. The summed E-state index contributed by atoms with van der Waals surface area (Å²) in [5, 5.41) is 8.28.